The summed E-state index contributed by atoms with van der Waals surface area (Å²) in [6.45, 7) is 0. The fraction of sp³-hybridized carbons (Fsp3) is 0.0714. The molecule has 0 heterocycles. The predicted molar refractivity (Wildman–Crippen MR) is 72.4 cm³/mol. The smallest absolute Gasteiger partial charge is 0.259 e. The minimum absolute atomic E-state index is 0.249. The molecule has 0 aromatic heterocycles. The average molecular weight is 262 g/mol. The third kappa shape index (κ3) is 2.63. The van der Waals surface area contributed by atoms with Crippen LogP contribution in [0.4, 0.5) is 5.69 Å². The Morgan fingerprint density at radius 3 is 2.50 bits per heavy atom. The average Bonchev–Trinajstić information content (AvgIpc) is 2.41. The van der Waals surface area contributed by atoms with E-state index in [9.17, 15) is 4.79 Å². The second-order valence-corrected chi connectivity index (χ2v) is 4.04. The molecule has 4 heteroatoms. The number of rotatable bonds is 3. The van der Waals surface area contributed by atoms with Crippen LogP contribution < -0.4 is 10.1 Å². The first-order valence-corrected chi connectivity index (χ1v) is 5.79. The van der Waals surface area contributed by atoms with Crippen molar-refractivity contribution >= 4 is 23.2 Å². The lowest BCUT2D eigenvalue weighted by atomic mass is 10.2. The summed E-state index contributed by atoms with van der Waals surface area (Å²) in [7, 11) is 1.53. The van der Waals surface area contributed by atoms with E-state index in [1.165, 1.54) is 7.11 Å². The summed E-state index contributed by atoms with van der Waals surface area (Å²) < 4.78 is 5.14. The maximum absolute atomic E-state index is 12.1. The van der Waals surface area contributed by atoms with E-state index in [0.29, 0.717) is 22.0 Å². The van der Waals surface area contributed by atoms with Gasteiger partial charge in [-0.05, 0) is 24.3 Å². The Balaban J connectivity index is 2.25. The minimum Gasteiger partial charge on any atom is -0.496 e. The molecule has 2 rings (SSSR count). The van der Waals surface area contributed by atoms with E-state index in [1.807, 2.05) is 12.1 Å². The molecule has 0 aliphatic rings. The molecule has 0 atom stereocenters. The summed E-state index contributed by atoms with van der Waals surface area (Å²) in [5.74, 6) is 0.280. The van der Waals surface area contributed by atoms with Gasteiger partial charge in [-0.25, -0.2) is 0 Å². The third-order valence-electron chi connectivity index (χ3n) is 2.47. The van der Waals surface area contributed by atoms with Gasteiger partial charge in [0.15, 0.2) is 0 Å². The van der Waals surface area contributed by atoms with Crippen LogP contribution in [0.5, 0.6) is 5.75 Å². The van der Waals surface area contributed by atoms with Gasteiger partial charge in [0.05, 0.1) is 23.4 Å². The fourth-order valence-corrected chi connectivity index (χ4v) is 1.77. The normalized spacial score (nSPS) is 9.89. The highest BCUT2D eigenvalue weighted by molar-refractivity contribution is 6.33. The highest BCUT2D eigenvalue weighted by Crippen LogP contribution is 2.23. The molecule has 2 aromatic carbocycles. The van der Waals surface area contributed by atoms with Crippen LogP contribution in [0, 0.1) is 0 Å². The van der Waals surface area contributed by atoms with E-state index in [2.05, 4.69) is 5.32 Å². The lowest BCUT2D eigenvalue weighted by Crippen LogP contribution is -2.13. The Bertz CT molecular complexity index is 569. The molecule has 0 aliphatic heterocycles. The molecule has 0 radical (unpaired) electrons. The number of hydrogen-bond donors (Lipinski definition) is 1. The van der Waals surface area contributed by atoms with Crippen molar-refractivity contribution in [1.82, 2.24) is 0 Å². The van der Waals surface area contributed by atoms with Crippen LogP contribution in [0.2, 0.25) is 5.02 Å². The molecule has 92 valence electrons. The first kappa shape index (κ1) is 12.5. The van der Waals surface area contributed by atoms with Gasteiger partial charge >= 0.3 is 0 Å². The van der Waals surface area contributed by atoms with Gasteiger partial charge in [0.1, 0.15) is 5.75 Å². The number of halogens is 1. The number of methoxy groups -OCH3 is 1. The number of carbonyl (C=O) groups is 1. The van der Waals surface area contributed by atoms with Crippen molar-refractivity contribution in [2.45, 2.75) is 0 Å². The van der Waals surface area contributed by atoms with Gasteiger partial charge in [0.25, 0.3) is 5.91 Å². The van der Waals surface area contributed by atoms with Crippen molar-refractivity contribution in [3.05, 3.63) is 59.1 Å². The van der Waals surface area contributed by atoms with Crippen LogP contribution in [0.25, 0.3) is 0 Å². The summed E-state index contributed by atoms with van der Waals surface area (Å²) in [5, 5.41) is 3.25. The van der Waals surface area contributed by atoms with Crippen molar-refractivity contribution in [3.63, 3.8) is 0 Å². The van der Waals surface area contributed by atoms with Crippen LogP contribution >= 0.6 is 11.6 Å². The first-order valence-electron chi connectivity index (χ1n) is 5.41. The molecule has 1 amide bonds. The summed E-state index contributed by atoms with van der Waals surface area (Å²) in [6, 6.07) is 14.1. The number of carbonyl (C=O) groups excluding carboxylic acids is 1. The van der Waals surface area contributed by atoms with Crippen molar-refractivity contribution in [2.24, 2.45) is 0 Å². The number of amides is 1. The largest absolute Gasteiger partial charge is 0.496 e. The molecular formula is C14H12ClNO2. The van der Waals surface area contributed by atoms with Gasteiger partial charge in [0, 0.05) is 0 Å². The summed E-state index contributed by atoms with van der Waals surface area (Å²) >= 11 is 5.98. The van der Waals surface area contributed by atoms with E-state index in [4.69, 9.17) is 16.3 Å². The maximum Gasteiger partial charge on any atom is 0.259 e. The minimum atomic E-state index is -0.249. The second kappa shape index (κ2) is 5.56. The number of para-hydroxylation sites is 2. The van der Waals surface area contributed by atoms with Crippen molar-refractivity contribution in [2.75, 3.05) is 12.4 Å². The molecule has 0 aliphatic carbocycles. The SMILES string of the molecule is COc1ccccc1C(=O)Nc1ccccc1Cl. The van der Waals surface area contributed by atoms with E-state index in [-0.39, 0.29) is 5.91 Å². The quantitative estimate of drug-likeness (QED) is 0.917. The van der Waals surface area contributed by atoms with Gasteiger partial charge in [-0.1, -0.05) is 35.9 Å². The monoisotopic (exact) mass is 261 g/mol. The van der Waals surface area contributed by atoms with E-state index in [0.717, 1.165) is 0 Å². The Labute approximate surface area is 110 Å². The number of ether oxygens (including phenoxy) is 1. The Morgan fingerprint density at radius 2 is 1.78 bits per heavy atom. The Morgan fingerprint density at radius 1 is 1.11 bits per heavy atom. The number of nitrogens with one attached hydrogen (secondary N) is 1. The Kier molecular flexibility index (Phi) is 3.85. The standard InChI is InChI=1S/C14H12ClNO2/c1-18-13-9-5-2-6-10(13)14(17)16-12-8-4-3-7-11(12)15/h2-9H,1H3,(H,16,17). The highest BCUT2D eigenvalue weighted by atomic mass is 35.5. The lowest BCUT2D eigenvalue weighted by molar-refractivity contribution is 0.102. The van der Waals surface area contributed by atoms with Gasteiger partial charge in [-0.3, -0.25) is 4.79 Å². The van der Waals surface area contributed by atoms with Crippen LogP contribution in [-0.4, -0.2) is 13.0 Å². The summed E-state index contributed by atoms with van der Waals surface area (Å²) in [5.41, 5.74) is 1.05. The van der Waals surface area contributed by atoms with Gasteiger partial charge in [-0.2, -0.15) is 0 Å². The molecule has 0 spiro atoms. The lowest BCUT2D eigenvalue weighted by Gasteiger charge is -2.09. The molecular weight excluding hydrogens is 250 g/mol. The zero-order valence-corrected chi connectivity index (χ0v) is 10.6. The zero-order valence-electron chi connectivity index (χ0n) is 9.81. The first-order chi connectivity index (χ1) is 8.72. The van der Waals surface area contributed by atoms with Crippen LogP contribution in [0.1, 0.15) is 10.4 Å². The second-order valence-electron chi connectivity index (χ2n) is 3.63. The molecule has 0 bridgehead atoms. The molecule has 2 aromatic rings. The van der Waals surface area contributed by atoms with E-state index in [1.54, 1.807) is 36.4 Å². The molecule has 0 unspecified atom stereocenters. The number of anilines is 1. The van der Waals surface area contributed by atoms with Crippen LogP contribution in [0.15, 0.2) is 48.5 Å². The van der Waals surface area contributed by atoms with Crippen molar-refractivity contribution < 1.29 is 9.53 Å². The molecule has 3 nitrogen and oxygen atoms in total. The fourth-order valence-electron chi connectivity index (χ4n) is 1.58. The van der Waals surface area contributed by atoms with Gasteiger partial charge in [-0.15, -0.1) is 0 Å². The molecule has 0 saturated carbocycles. The maximum atomic E-state index is 12.1. The highest BCUT2D eigenvalue weighted by Gasteiger charge is 2.12. The molecule has 18 heavy (non-hydrogen) atoms. The molecule has 0 fully saturated rings. The van der Waals surface area contributed by atoms with Crippen LogP contribution in [-0.2, 0) is 0 Å². The van der Waals surface area contributed by atoms with E-state index >= 15 is 0 Å². The van der Waals surface area contributed by atoms with Crippen molar-refractivity contribution in [1.29, 1.82) is 0 Å². The zero-order chi connectivity index (χ0) is 13.0. The van der Waals surface area contributed by atoms with Gasteiger partial charge in [0.2, 0.25) is 0 Å². The summed E-state index contributed by atoms with van der Waals surface area (Å²) in [4.78, 5) is 12.1. The van der Waals surface area contributed by atoms with Crippen molar-refractivity contribution in [3.8, 4) is 5.75 Å². The third-order valence-corrected chi connectivity index (χ3v) is 2.80. The topological polar surface area (TPSA) is 38.3 Å². The van der Waals surface area contributed by atoms with Gasteiger partial charge < -0.3 is 10.1 Å². The van der Waals surface area contributed by atoms with E-state index < -0.39 is 0 Å². The Hall–Kier alpha value is -2.00. The summed E-state index contributed by atoms with van der Waals surface area (Å²) in [6.07, 6.45) is 0. The molecule has 1 N–H and O–H groups in total. The predicted octanol–water partition coefficient (Wildman–Crippen LogP) is 3.60. The van der Waals surface area contributed by atoms with Crippen LogP contribution in [0.3, 0.4) is 0 Å². The number of benzene rings is 2. The molecule has 0 saturated heterocycles. The number of hydrogen-bond acceptors (Lipinski definition) is 2.